The number of benzene rings is 1. The van der Waals surface area contributed by atoms with Gasteiger partial charge in [-0.05, 0) is 24.0 Å². The van der Waals surface area contributed by atoms with Gasteiger partial charge in [0.15, 0.2) is 0 Å². The Morgan fingerprint density at radius 2 is 1.81 bits per heavy atom. The molecule has 3 amide bonds. The van der Waals surface area contributed by atoms with Gasteiger partial charge in [0.2, 0.25) is 17.7 Å². The van der Waals surface area contributed by atoms with Gasteiger partial charge in [-0.25, -0.2) is 4.79 Å². The van der Waals surface area contributed by atoms with Crippen LogP contribution in [0.4, 0.5) is 0 Å². The molecule has 3 atom stereocenters. The van der Waals surface area contributed by atoms with E-state index in [1.807, 2.05) is 24.3 Å². The fourth-order valence-electron chi connectivity index (χ4n) is 3.14. The van der Waals surface area contributed by atoms with Gasteiger partial charge in [0.1, 0.15) is 12.1 Å². The number of carboxylic acid groups (broad SMARTS) is 1. The summed E-state index contributed by atoms with van der Waals surface area (Å²) in [5, 5.41) is 17.4. The monoisotopic (exact) mass is 463 g/mol. The maximum atomic E-state index is 12.3. The van der Waals surface area contributed by atoms with Crippen molar-refractivity contribution in [2.75, 3.05) is 12.3 Å². The smallest absolute Gasteiger partial charge is 0.326 e. The van der Waals surface area contributed by atoms with Crippen molar-refractivity contribution in [3.8, 4) is 0 Å². The number of thiol groups is 1. The molecule has 0 aliphatic rings. The van der Waals surface area contributed by atoms with Gasteiger partial charge >= 0.3 is 5.97 Å². The van der Waals surface area contributed by atoms with Gasteiger partial charge < -0.3 is 31.8 Å². The molecule has 1 aromatic heterocycles. The van der Waals surface area contributed by atoms with Crippen LogP contribution in [0.5, 0.6) is 0 Å². The molecule has 0 aliphatic carbocycles. The van der Waals surface area contributed by atoms with Crippen molar-refractivity contribution in [3.05, 3.63) is 36.0 Å². The van der Waals surface area contributed by atoms with E-state index in [-0.39, 0.29) is 24.6 Å². The number of carbonyl (C=O) groups is 4. The summed E-state index contributed by atoms with van der Waals surface area (Å²) in [5.41, 5.74) is 7.81. The lowest BCUT2D eigenvalue weighted by atomic mass is 10.0. The van der Waals surface area contributed by atoms with Crippen LogP contribution in [-0.2, 0) is 25.6 Å². The van der Waals surface area contributed by atoms with Crippen LogP contribution in [-0.4, -0.2) is 64.2 Å². The number of carboxylic acids is 1. The number of nitrogens with two attached hydrogens (primary N) is 1. The van der Waals surface area contributed by atoms with E-state index in [0.717, 1.165) is 16.5 Å². The van der Waals surface area contributed by atoms with Crippen LogP contribution in [0.15, 0.2) is 30.5 Å². The first-order valence-electron chi connectivity index (χ1n) is 10.2. The molecule has 32 heavy (non-hydrogen) atoms. The summed E-state index contributed by atoms with van der Waals surface area (Å²) in [6, 6.07) is 4.62. The first kappa shape index (κ1) is 25.2. The second kappa shape index (κ2) is 11.5. The fraction of sp³-hybridized carbons (Fsp3) is 0.429. The lowest BCUT2D eigenvalue weighted by Gasteiger charge is -2.22. The molecule has 0 fully saturated rings. The predicted octanol–water partition coefficient (Wildman–Crippen LogP) is -0.206. The molecule has 11 heteroatoms. The third-order valence-electron chi connectivity index (χ3n) is 4.94. The van der Waals surface area contributed by atoms with Crippen molar-refractivity contribution in [3.63, 3.8) is 0 Å². The van der Waals surface area contributed by atoms with Gasteiger partial charge in [0.25, 0.3) is 0 Å². The van der Waals surface area contributed by atoms with Gasteiger partial charge in [-0.2, -0.15) is 12.6 Å². The molecule has 174 valence electrons. The maximum Gasteiger partial charge on any atom is 0.326 e. The Labute approximate surface area is 191 Å². The first-order valence-corrected chi connectivity index (χ1v) is 10.8. The normalized spacial score (nSPS) is 13.9. The molecule has 0 saturated carbocycles. The SMILES string of the molecule is CC(C)C(NC(=O)C(CS)NC(=O)CNC(=O)C(N)Cc1c[nH]c2ccccc12)C(=O)O. The van der Waals surface area contributed by atoms with Crippen LogP contribution >= 0.6 is 12.6 Å². The van der Waals surface area contributed by atoms with Gasteiger partial charge in [-0.1, -0.05) is 32.0 Å². The van der Waals surface area contributed by atoms with Gasteiger partial charge in [-0.15, -0.1) is 0 Å². The van der Waals surface area contributed by atoms with Crippen molar-refractivity contribution in [2.24, 2.45) is 11.7 Å². The number of fused-ring (bicyclic) bond motifs is 1. The molecule has 2 rings (SSSR count). The number of H-pyrrole nitrogens is 1. The van der Waals surface area contributed by atoms with E-state index in [1.165, 1.54) is 0 Å². The molecule has 0 bridgehead atoms. The summed E-state index contributed by atoms with van der Waals surface area (Å²) in [7, 11) is 0. The van der Waals surface area contributed by atoms with Gasteiger partial charge in [-0.3, -0.25) is 14.4 Å². The molecule has 1 heterocycles. The highest BCUT2D eigenvalue weighted by Crippen LogP contribution is 2.18. The van der Waals surface area contributed by atoms with E-state index in [4.69, 9.17) is 5.73 Å². The molecule has 3 unspecified atom stereocenters. The summed E-state index contributed by atoms with van der Waals surface area (Å²) in [6.45, 7) is 2.93. The van der Waals surface area contributed by atoms with Crippen LogP contribution in [0.3, 0.4) is 0 Å². The maximum absolute atomic E-state index is 12.3. The van der Waals surface area contributed by atoms with Crippen molar-refractivity contribution < 1.29 is 24.3 Å². The molecule has 7 N–H and O–H groups in total. The van der Waals surface area contributed by atoms with Crippen molar-refractivity contribution in [1.29, 1.82) is 0 Å². The zero-order valence-electron chi connectivity index (χ0n) is 17.9. The lowest BCUT2D eigenvalue weighted by molar-refractivity contribution is -0.143. The Balaban J connectivity index is 1.85. The zero-order chi connectivity index (χ0) is 23.8. The Kier molecular flexibility index (Phi) is 9.09. The van der Waals surface area contributed by atoms with Gasteiger partial charge in [0, 0.05) is 22.9 Å². The van der Waals surface area contributed by atoms with E-state index in [1.54, 1.807) is 20.0 Å². The summed E-state index contributed by atoms with van der Waals surface area (Å²) in [5.74, 6) is -3.36. The number of hydrogen-bond donors (Lipinski definition) is 7. The molecule has 0 spiro atoms. The minimum Gasteiger partial charge on any atom is -0.480 e. The van der Waals surface area contributed by atoms with Crippen LogP contribution < -0.4 is 21.7 Å². The average Bonchev–Trinajstić information content (AvgIpc) is 3.16. The zero-order valence-corrected chi connectivity index (χ0v) is 18.8. The summed E-state index contributed by atoms with van der Waals surface area (Å²) in [6.07, 6.45) is 2.08. The molecule has 0 radical (unpaired) electrons. The van der Waals surface area contributed by atoms with E-state index in [2.05, 4.69) is 33.6 Å². The van der Waals surface area contributed by atoms with Crippen LogP contribution in [0, 0.1) is 5.92 Å². The highest BCUT2D eigenvalue weighted by atomic mass is 32.1. The molecule has 0 saturated heterocycles. The minimum absolute atomic E-state index is 0.0456. The first-order chi connectivity index (χ1) is 15.1. The average molecular weight is 464 g/mol. The number of aliphatic carboxylic acids is 1. The Hall–Kier alpha value is -3.05. The lowest BCUT2D eigenvalue weighted by Crippen LogP contribution is -2.55. The summed E-state index contributed by atoms with van der Waals surface area (Å²) >= 11 is 4.04. The molecule has 10 nitrogen and oxygen atoms in total. The second-order valence-corrected chi connectivity index (χ2v) is 8.12. The standard InChI is InChI=1S/C21H29N5O5S/c1-11(2)18(21(30)31)26-20(29)16(10-32)25-17(27)9-24-19(28)14(22)7-12-8-23-15-6-4-3-5-13(12)15/h3-6,8,11,14,16,18,23,32H,7,9-10,22H2,1-2H3,(H,24,28)(H,25,27)(H,26,29)(H,30,31). The molecular weight excluding hydrogens is 434 g/mol. The third-order valence-corrected chi connectivity index (χ3v) is 5.30. The number of nitrogens with one attached hydrogen (secondary N) is 4. The number of aromatic amines is 1. The number of rotatable bonds is 11. The van der Waals surface area contributed by atoms with Crippen LogP contribution in [0.2, 0.25) is 0 Å². The Morgan fingerprint density at radius 1 is 1.12 bits per heavy atom. The number of aromatic nitrogens is 1. The van der Waals surface area contributed by atoms with Crippen molar-refractivity contribution in [1.82, 2.24) is 20.9 Å². The van der Waals surface area contributed by atoms with Crippen molar-refractivity contribution in [2.45, 2.75) is 38.4 Å². The van der Waals surface area contributed by atoms with Crippen molar-refractivity contribution >= 4 is 47.2 Å². The quantitative estimate of drug-likeness (QED) is 0.228. The topological polar surface area (TPSA) is 166 Å². The molecule has 2 aromatic rings. The Bertz CT molecular complexity index is 976. The van der Waals surface area contributed by atoms with E-state index >= 15 is 0 Å². The molecule has 0 aliphatic heterocycles. The van der Waals surface area contributed by atoms with Crippen LogP contribution in [0.25, 0.3) is 10.9 Å². The van der Waals surface area contributed by atoms with E-state index < -0.39 is 41.8 Å². The minimum atomic E-state index is -1.17. The molecule has 1 aromatic carbocycles. The van der Waals surface area contributed by atoms with Crippen LogP contribution in [0.1, 0.15) is 19.4 Å². The third kappa shape index (κ3) is 6.72. The molecular formula is C21H29N5O5S. The number of carbonyl (C=O) groups excluding carboxylic acids is 3. The summed E-state index contributed by atoms with van der Waals surface area (Å²) in [4.78, 5) is 51.2. The Morgan fingerprint density at radius 3 is 2.44 bits per heavy atom. The predicted molar refractivity (Wildman–Crippen MR) is 123 cm³/mol. The van der Waals surface area contributed by atoms with E-state index in [0.29, 0.717) is 0 Å². The number of hydrogen-bond acceptors (Lipinski definition) is 6. The number of amides is 3. The van der Waals surface area contributed by atoms with E-state index in [9.17, 15) is 24.3 Å². The highest BCUT2D eigenvalue weighted by Gasteiger charge is 2.28. The largest absolute Gasteiger partial charge is 0.480 e. The number of para-hydroxylation sites is 1. The highest BCUT2D eigenvalue weighted by molar-refractivity contribution is 7.80. The van der Waals surface area contributed by atoms with Gasteiger partial charge in [0.05, 0.1) is 12.6 Å². The second-order valence-electron chi connectivity index (χ2n) is 7.76. The fourth-order valence-corrected chi connectivity index (χ4v) is 3.39. The summed E-state index contributed by atoms with van der Waals surface area (Å²) < 4.78 is 0.